The van der Waals surface area contributed by atoms with Crippen molar-refractivity contribution in [1.29, 1.82) is 0 Å². The van der Waals surface area contributed by atoms with E-state index in [0.717, 1.165) is 0 Å². The van der Waals surface area contributed by atoms with Gasteiger partial charge in [0.25, 0.3) is 0 Å². The summed E-state index contributed by atoms with van der Waals surface area (Å²) < 4.78 is 20.2. The Morgan fingerprint density at radius 3 is 1.09 bits per heavy atom. The smallest absolute Gasteiger partial charge is 0.188 e. The van der Waals surface area contributed by atoms with E-state index in [1.807, 2.05) is 0 Å². The SMILES string of the molecule is CC(C)(Cl)S(=O)(=O)C(C)(C)Cl. The molecule has 0 amide bonds. The summed E-state index contributed by atoms with van der Waals surface area (Å²) in [4.78, 5) is 0. The molecule has 0 aliphatic carbocycles. The zero-order valence-electron chi connectivity index (χ0n) is 6.98. The molecule has 0 heterocycles. The van der Waals surface area contributed by atoms with Crippen LogP contribution < -0.4 is 0 Å². The largest absolute Gasteiger partial charge is 0.225 e. The molecule has 0 N–H and O–H groups in total. The van der Waals surface area contributed by atoms with Crippen molar-refractivity contribution in [2.75, 3.05) is 0 Å². The molecule has 0 aromatic rings. The second-order valence-corrected chi connectivity index (χ2v) is 8.62. The van der Waals surface area contributed by atoms with Crippen LogP contribution in [0.15, 0.2) is 0 Å². The van der Waals surface area contributed by atoms with Gasteiger partial charge in [-0.1, -0.05) is 0 Å². The predicted octanol–water partition coefficient (Wildman–Crippen LogP) is 2.35. The average molecular weight is 219 g/mol. The lowest BCUT2D eigenvalue weighted by Gasteiger charge is -2.25. The van der Waals surface area contributed by atoms with E-state index in [4.69, 9.17) is 23.2 Å². The molecule has 0 rings (SSSR count). The van der Waals surface area contributed by atoms with Gasteiger partial charge in [0.05, 0.1) is 0 Å². The number of alkyl halides is 2. The average Bonchev–Trinajstić information content (AvgIpc) is 1.58. The van der Waals surface area contributed by atoms with E-state index in [1.165, 1.54) is 27.7 Å². The van der Waals surface area contributed by atoms with Gasteiger partial charge in [0.15, 0.2) is 9.84 Å². The fourth-order valence-electron chi connectivity index (χ4n) is 0.577. The van der Waals surface area contributed by atoms with Gasteiger partial charge in [-0.2, -0.15) is 0 Å². The Labute approximate surface area is 77.8 Å². The first-order valence-corrected chi connectivity index (χ1v) is 5.36. The van der Waals surface area contributed by atoms with Gasteiger partial charge in [0.1, 0.15) is 8.41 Å². The minimum absolute atomic E-state index is 1.31. The van der Waals surface area contributed by atoms with Crippen molar-refractivity contribution in [3.05, 3.63) is 0 Å². The van der Waals surface area contributed by atoms with E-state index in [-0.39, 0.29) is 0 Å². The van der Waals surface area contributed by atoms with Gasteiger partial charge in [-0.15, -0.1) is 23.2 Å². The van der Waals surface area contributed by atoms with Crippen molar-refractivity contribution in [2.24, 2.45) is 0 Å². The molecule has 2 nitrogen and oxygen atoms in total. The van der Waals surface area contributed by atoms with E-state index in [2.05, 4.69) is 0 Å². The lowest BCUT2D eigenvalue weighted by Crippen LogP contribution is -2.38. The zero-order valence-corrected chi connectivity index (χ0v) is 9.31. The summed E-state index contributed by atoms with van der Waals surface area (Å²) in [5.41, 5.74) is 0. The van der Waals surface area contributed by atoms with Crippen LogP contribution in [-0.4, -0.2) is 16.8 Å². The molecule has 0 bridgehead atoms. The summed E-state index contributed by atoms with van der Waals surface area (Å²) >= 11 is 11.3. The molecule has 0 fully saturated rings. The summed E-state index contributed by atoms with van der Waals surface area (Å²) in [6.07, 6.45) is 0. The quantitative estimate of drug-likeness (QED) is 0.668. The first-order valence-electron chi connectivity index (χ1n) is 3.12. The van der Waals surface area contributed by atoms with Crippen LogP contribution in [0.1, 0.15) is 27.7 Å². The van der Waals surface area contributed by atoms with Gasteiger partial charge in [-0.25, -0.2) is 8.42 Å². The van der Waals surface area contributed by atoms with E-state index in [9.17, 15) is 8.42 Å². The molecule has 0 atom stereocenters. The Balaban J connectivity index is 5.11. The fourth-order valence-corrected chi connectivity index (χ4v) is 3.01. The molecule has 0 aromatic heterocycles. The number of hydrogen-bond acceptors (Lipinski definition) is 2. The molecule has 0 unspecified atom stereocenters. The highest BCUT2D eigenvalue weighted by Crippen LogP contribution is 2.34. The van der Waals surface area contributed by atoms with Gasteiger partial charge in [-0.3, -0.25) is 0 Å². The molecule has 0 spiro atoms. The van der Waals surface area contributed by atoms with Crippen molar-refractivity contribution in [3.63, 3.8) is 0 Å². The number of rotatable bonds is 2. The number of hydrogen-bond donors (Lipinski definition) is 0. The molecule has 5 heteroatoms. The molecule has 0 radical (unpaired) electrons. The molecular formula is C6H12Cl2O2S. The van der Waals surface area contributed by atoms with Crippen LogP contribution in [0.3, 0.4) is 0 Å². The highest BCUT2D eigenvalue weighted by Gasteiger charge is 2.43. The van der Waals surface area contributed by atoms with Gasteiger partial charge in [-0.05, 0) is 27.7 Å². The maximum Gasteiger partial charge on any atom is 0.188 e. The highest BCUT2D eigenvalue weighted by molar-refractivity contribution is 7.96. The highest BCUT2D eigenvalue weighted by atomic mass is 35.5. The minimum atomic E-state index is -3.48. The maximum absolute atomic E-state index is 11.4. The van der Waals surface area contributed by atoms with Crippen LogP contribution in [0.4, 0.5) is 0 Å². The van der Waals surface area contributed by atoms with Gasteiger partial charge >= 0.3 is 0 Å². The number of sulfone groups is 1. The van der Waals surface area contributed by atoms with Crippen molar-refractivity contribution < 1.29 is 8.42 Å². The molecular weight excluding hydrogens is 207 g/mol. The van der Waals surface area contributed by atoms with E-state index in [0.29, 0.717) is 0 Å². The minimum Gasteiger partial charge on any atom is -0.225 e. The first kappa shape index (κ1) is 11.5. The zero-order chi connectivity index (χ0) is 9.50. The van der Waals surface area contributed by atoms with Gasteiger partial charge in [0.2, 0.25) is 0 Å². The molecule has 0 aliphatic rings. The molecule has 68 valence electrons. The number of halogens is 2. The van der Waals surface area contributed by atoms with Crippen LogP contribution in [0.5, 0.6) is 0 Å². The van der Waals surface area contributed by atoms with Gasteiger partial charge < -0.3 is 0 Å². The van der Waals surface area contributed by atoms with Crippen molar-refractivity contribution in [1.82, 2.24) is 0 Å². The summed E-state index contributed by atoms with van der Waals surface area (Å²) in [7, 11) is -3.48. The Hall–Kier alpha value is 0.530. The molecule has 0 saturated carbocycles. The monoisotopic (exact) mass is 218 g/mol. The van der Waals surface area contributed by atoms with Crippen LogP contribution in [0, 0.1) is 0 Å². The van der Waals surface area contributed by atoms with Crippen molar-refractivity contribution in [2.45, 2.75) is 36.1 Å². The van der Waals surface area contributed by atoms with Crippen LogP contribution in [0.2, 0.25) is 0 Å². The van der Waals surface area contributed by atoms with Crippen LogP contribution in [-0.2, 0) is 9.84 Å². The Morgan fingerprint density at radius 1 is 0.909 bits per heavy atom. The third-order valence-electron chi connectivity index (χ3n) is 1.28. The normalized spacial score (nSPS) is 15.1. The van der Waals surface area contributed by atoms with E-state index < -0.39 is 18.2 Å². The second-order valence-electron chi connectivity index (χ2n) is 3.23. The standard InChI is InChI=1S/C6H12Cl2O2S/c1-5(2,7)11(9,10)6(3,4)8/h1-4H3. The third kappa shape index (κ3) is 2.23. The summed E-state index contributed by atoms with van der Waals surface area (Å²) in [6.45, 7) is 5.64. The summed E-state index contributed by atoms with van der Waals surface area (Å²) in [5.74, 6) is 0. The van der Waals surface area contributed by atoms with Crippen LogP contribution >= 0.6 is 23.2 Å². The Bertz CT molecular complexity index is 210. The first-order chi connectivity index (χ1) is 4.50. The summed E-state index contributed by atoms with van der Waals surface area (Å²) in [5, 5.41) is 0. The Morgan fingerprint density at radius 2 is 1.09 bits per heavy atom. The molecule has 0 aliphatic heterocycles. The maximum atomic E-state index is 11.4. The fraction of sp³-hybridized carbons (Fsp3) is 1.00. The van der Waals surface area contributed by atoms with E-state index in [1.54, 1.807) is 0 Å². The lowest BCUT2D eigenvalue weighted by atomic mass is 10.5. The second kappa shape index (κ2) is 2.79. The van der Waals surface area contributed by atoms with Crippen molar-refractivity contribution in [3.8, 4) is 0 Å². The lowest BCUT2D eigenvalue weighted by molar-refractivity contribution is 0.565. The molecule has 11 heavy (non-hydrogen) atoms. The van der Waals surface area contributed by atoms with Crippen LogP contribution in [0.25, 0.3) is 0 Å². The molecule has 0 aromatic carbocycles. The van der Waals surface area contributed by atoms with E-state index >= 15 is 0 Å². The predicted molar refractivity (Wildman–Crippen MR) is 48.8 cm³/mol. The van der Waals surface area contributed by atoms with Gasteiger partial charge in [0, 0.05) is 0 Å². The molecule has 0 saturated heterocycles. The topological polar surface area (TPSA) is 34.1 Å². The van der Waals surface area contributed by atoms with Crippen molar-refractivity contribution >= 4 is 33.0 Å². The Kier molecular flexibility index (Phi) is 2.92. The third-order valence-corrected chi connectivity index (χ3v) is 5.05. The summed E-state index contributed by atoms with van der Waals surface area (Å²) in [6, 6.07) is 0.